The molecule has 1 amide bonds. The van der Waals surface area contributed by atoms with Gasteiger partial charge in [0.05, 0.1) is 16.8 Å². The fraction of sp³-hybridized carbons (Fsp3) is 0.190. The van der Waals surface area contributed by atoms with E-state index in [0.29, 0.717) is 10.7 Å². The number of carbonyl (C=O) groups excluding carboxylic acids is 1. The summed E-state index contributed by atoms with van der Waals surface area (Å²) in [6, 6.07) is 19.2. The van der Waals surface area contributed by atoms with Crippen LogP contribution < -0.4 is 16.2 Å². The summed E-state index contributed by atoms with van der Waals surface area (Å²) in [6.07, 6.45) is 3.08. The molecular formula is C21H22N4OS2. The van der Waals surface area contributed by atoms with Crippen LogP contribution >= 0.6 is 24.0 Å². The minimum absolute atomic E-state index is 0.260. The zero-order chi connectivity index (χ0) is 19.8. The predicted octanol–water partition coefficient (Wildman–Crippen LogP) is 3.76. The highest BCUT2D eigenvalue weighted by atomic mass is 32.2. The number of para-hydroxylation sites is 1. The number of carbonyl (C=O) groups is 1. The number of aromatic nitrogens is 1. The topological polar surface area (TPSA) is 66.0 Å². The molecule has 1 heterocycles. The molecule has 5 nitrogen and oxygen atoms in total. The van der Waals surface area contributed by atoms with Crippen molar-refractivity contribution in [2.24, 2.45) is 0 Å². The third kappa shape index (κ3) is 5.21. The normalized spacial score (nSPS) is 10.5. The maximum absolute atomic E-state index is 12.8. The first-order valence-electron chi connectivity index (χ1n) is 8.97. The van der Waals surface area contributed by atoms with Crippen LogP contribution in [0.3, 0.4) is 0 Å². The van der Waals surface area contributed by atoms with Crippen molar-refractivity contribution in [1.29, 1.82) is 0 Å². The van der Waals surface area contributed by atoms with Gasteiger partial charge < -0.3 is 5.32 Å². The van der Waals surface area contributed by atoms with Crippen LogP contribution in [0.2, 0.25) is 0 Å². The summed E-state index contributed by atoms with van der Waals surface area (Å²) in [5.41, 5.74) is 8.49. The Morgan fingerprint density at radius 1 is 1.07 bits per heavy atom. The minimum atomic E-state index is -0.260. The van der Waals surface area contributed by atoms with Gasteiger partial charge in [0.2, 0.25) is 0 Å². The largest absolute Gasteiger partial charge is 0.361 e. The molecule has 0 saturated heterocycles. The van der Waals surface area contributed by atoms with Gasteiger partial charge in [-0.2, -0.15) is 11.8 Å². The average molecular weight is 411 g/mol. The first kappa shape index (κ1) is 20.1. The van der Waals surface area contributed by atoms with E-state index >= 15 is 0 Å². The van der Waals surface area contributed by atoms with Crippen LogP contribution in [0.1, 0.15) is 16.8 Å². The van der Waals surface area contributed by atoms with E-state index in [9.17, 15) is 4.79 Å². The van der Waals surface area contributed by atoms with Crippen LogP contribution in [0.15, 0.2) is 60.7 Å². The first-order chi connectivity index (χ1) is 13.7. The molecule has 0 unspecified atom stereocenters. The lowest BCUT2D eigenvalue weighted by Gasteiger charge is -2.13. The van der Waals surface area contributed by atoms with E-state index in [2.05, 4.69) is 22.4 Å². The molecule has 0 atom stereocenters. The van der Waals surface area contributed by atoms with Gasteiger partial charge in [0.1, 0.15) is 0 Å². The number of hydrazine groups is 1. The number of thioether (sulfide) groups is 1. The predicted molar refractivity (Wildman–Crippen MR) is 121 cm³/mol. The van der Waals surface area contributed by atoms with E-state index in [0.717, 1.165) is 40.9 Å². The number of hydrogen-bond donors (Lipinski definition) is 3. The van der Waals surface area contributed by atoms with Crippen LogP contribution in [0.4, 0.5) is 0 Å². The van der Waals surface area contributed by atoms with Gasteiger partial charge in [0.25, 0.3) is 5.91 Å². The fourth-order valence-corrected chi connectivity index (χ4v) is 3.35. The molecule has 3 rings (SSSR count). The lowest BCUT2D eigenvalue weighted by Crippen LogP contribution is -2.47. The van der Waals surface area contributed by atoms with Crippen LogP contribution in [-0.4, -0.2) is 34.6 Å². The first-order valence-corrected chi connectivity index (χ1v) is 10.8. The van der Waals surface area contributed by atoms with Gasteiger partial charge in [-0.3, -0.25) is 15.6 Å². The number of thiocarbonyl (C=S) groups is 1. The van der Waals surface area contributed by atoms with Crippen molar-refractivity contribution >= 4 is 45.9 Å². The van der Waals surface area contributed by atoms with Gasteiger partial charge in [-0.05, 0) is 42.8 Å². The van der Waals surface area contributed by atoms with E-state index < -0.39 is 0 Å². The van der Waals surface area contributed by atoms with Crippen LogP contribution in [-0.2, 0) is 0 Å². The SMILES string of the molecule is CSCCCNC(=S)NNC(=O)c1cc(-c2ccccc2)nc2ccccc12. The molecule has 0 bridgehead atoms. The highest BCUT2D eigenvalue weighted by Crippen LogP contribution is 2.24. The van der Waals surface area contributed by atoms with Gasteiger partial charge in [-0.25, -0.2) is 4.98 Å². The van der Waals surface area contributed by atoms with E-state index in [1.54, 1.807) is 11.8 Å². The Hall–Kier alpha value is -2.64. The van der Waals surface area contributed by atoms with Gasteiger partial charge in [0.15, 0.2) is 5.11 Å². The summed E-state index contributed by atoms with van der Waals surface area (Å²) < 4.78 is 0. The van der Waals surface area contributed by atoms with Gasteiger partial charge in [-0.15, -0.1) is 0 Å². The van der Waals surface area contributed by atoms with Crippen molar-refractivity contribution in [2.45, 2.75) is 6.42 Å². The number of rotatable bonds is 6. The Kier molecular flexibility index (Phi) is 7.22. The molecule has 144 valence electrons. The molecule has 0 saturated carbocycles. The Morgan fingerprint density at radius 3 is 2.61 bits per heavy atom. The van der Waals surface area contributed by atoms with Crippen LogP contribution in [0, 0.1) is 0 Å². The second kappa shape index (κ2) is 10.1. The summed E-state index contributed by atoms with van der Waals surface area (Å²) in [4.78, 5) is 17.5. The van der Waals surface area contributed by atoms with Gasteiger partial charge in [0, 0.05) is 17.5 Å². The molecule has 3 aromatic rings. The average Bonchev–Trinajstić information content (AvgIpc) is 2.75. The molecule has 3 N–H and O–H groups in total. The molecule has 0 aliphatic heterocycles. The van der Waals surface area contributed by atoms with Crippen molar-refractivity contribution < 1.29 is 4.79 Å². The van der Waals surface area contributed by atoms with Crippen molar-refractivity contribution in [3.05, 3.63) is 66.2 Å². The molecule has 1 aromatic heterocycles. The third-order valence-electron chi connectivity index (χ3n) is 4.13. The minimum Gasteiger partial charge on any atom is -0.361 e. The zero-order valence-electron chi connectivity index (χ0n) is 15.6. The lowest BCUT2D eigenvalue weighted by molar-refractivity contribution is 0.0945. The van der Waals surface area contributed by atoms with Crippen molar-refractivity contribution in [2.75, 3.05) is 18.6 Å². The summed E-state index contributed by atoms with van der Waals surface area (Å²) in [7, 11) is 0. The Balaban J connectivity index is 1.77. The summed E-state index contributed by atoms with van der Waals surface area (Å²) >= 11 is 7.00. The fourth-order valence-electron chi connectivity index (χ4n) is 2.76. The van der Waals surface area contributed by atoms with Crippen molar-refractivity contribution in [3.8, 4) is 11.3 Å². The zero-order valence-corrected chi connectivity index (χ0v) is 17.2. The van der Waals surface area contributed by atoms with Gasteiger partial charge >= 0.3 is 0 Å². The quantitative estimate of drug-likeness (QED) is 0.327. The molecule has 7 heteroatoms. The summed E-state index contributed by atoms with van der Waals surface area (Å²) in [5.74, 6) is 0.803. The van der Waals surface area contributed by atoms with Gasteiger partial charge in [-0.1, -0.05) is 48.5 Å². The second-order valence-corrected chi connectivity index (χ2v) is 7.51. The smallest absolute Gasteiger partial charge is 0.270 e. The van der Waals surface area contributed by atoms with E-state index in [1.165, 1.54) is 0 Å². The number of nitrogens with one attached hydrogen (secondary N) is 3. The number of fused-ring (bicyclic) bond motifs is 1. The Morgan fingerprint density at radius 2 is 1.82 bits per heavy atom. The summed E-state index contributed by atoms with van der Waals surface area (Å²) in [5, 5.41) is 4.27. The molecule has 0 aliphatic carbocycles. The third-order valence-corrected chi connectivity index (χ3v) is 5.07. The second-order valence-electron chi connectivity index (χ2n) is 6.12. The van der Waals surface area contributed by atoms with Crippen LogP contribution in [0.5, 0.6) is 0 Å². The van der Waals surface area contributed by atoms with E-state index in [1.807, 2.05) is 60.7 Å². The molecule has 28 heavy (non-hydrogen) atoms. The van der Waals surface area contributed by atoms with E-state index in [4.69, 9.17) is 17.2 Å². The monoisotopic (exact) mass is 410 g/mol. The molecule has 0 fully saturated rings. The number of hydrogen-bond acceptors (Lipinski definition) is 4. The number of pyridine rings is 1. The highest BCUT2D eigenvalue weighted by Gasteiger charge is 2.14. The Bertz CT molecular complexity index is 963. The van der Waals surface area contributed by atoms with E-state index in [-0.39, 0.29) is 5.91 Å². The van der Waals surface area contributed by atoms with Crippen molar-refractivity contribution in [1.82, 2.24) is 21.2 Å². The Labute approximate surface area is 174 Å². The summed E-state index contributed by atoms with van der Waals surface area (Å²) in [6.45, 7) is 0.763. The standard InChI is InChI=1S/C21H22N4OS2/c1-28-13-7-12-22-21(27)25-24-20(26)17-14-19(15-8-3-2-4-9-15)23-18-11-6-5-10-16(17)18/h2-6,8-11,14H,7,12-13H2,1H3,(H,24,26)(H2,22,25,27). The number of nitrogens with zero attached hydrogens (tertiary/aromatic N) is 1. The maximum Gasteiger partial charge on any atom is 0.270 e. The highest BCUT2D eigenvalue weighted by molar-refractivity contribution is 7.98. The number of benzene rings is 2. The van der Waals surface area contributed by atoms with Crippen molar-refractivity contribution in [3.63, 3.8) is 0 Å². The number of amides is 1. The maximum atomic E-state index is 12.8. The lowest BCUT2D eigenvalue weighted by atomic mass is 10.0. The molecule has 0 radical (unpaired) electrons. The molecule has 2 aromatic carbocycles. The van der Waals surface area contributed by atoms with Crippen LogP contribution in [0.25, 0.3) is 22.2 Å². The molecular weight excluding hydrogens is 388 g/mol. The molecule has 0 aliphatic rings. The molecule has 0 spiro atoms.